The predicted octanol–water partition coefficient (Wildman–Crippen LogP) is 2.02. The van der Waals surface area contributed by atoms with Crippen LogP contribution in [-0.2, 0) is 0 Å². The molecule has 94 valence electrons. The highest BCUT2D eigenvalue weighted by Crippen LogP contribution is 2.11. The van der Waals surface area contributed by atoms with Crippen LogP contribution in [0, 0.1) is 12.7 Å². The summed E-state index contributed by atoms with van der Waals surface area (Å²) < 4.78 is 13.5. The van der Waals surface area contributed by atoms with Gasteiger partial charge in [-0.1, -0.05) is 13.0 Å². The standard InChI is InChI=1S/C13H18FNO2/c1-4-13(3,17)8-15-12(16)10-6-5-9(2)7-11(10)14/h5-7,17H,4,8H2,1-3H3,(H,15,16). The lowest BCUT2D eigenvalue weighted by Gasteiger charge is -2.21. The Hall–Kier alpha value is -1.42. The van der Waals surface area contributed by atoms with Crippen LogP contribution in [-0.4, -0.2) is 23.2 Å². The first-order chi connectivity index (χ1) is 7.85. The van der Waals surface area contributed by atoms with Gasteiger partial charge in [-0.15, -0.1) is 0 Å². The van der Waals surface area contributed by atoms with Gasteiger partial charge >= 0.3 is 0 Å². The number of aliphatic hydroxyl groups is 1. The monoisotopic (exact) mass is 239 g/mol. The Balaban J connectivity index is 2.71. The van der Waals surface area contributed by atoms with Crippen LogP contribution in [0.1, 0.15) is 36.2 Å². The van der Waals surface area contributed by atoms with Crippen LogP contribution < -0.4 is 5.32 Å². The van der Waals surface area contributed by atoms with Crippen LogP contribution in [0.25, 0.3) is 0 Å². The summed E-state index contributed by atoms with van der Waals surface area (Å²) in [6.45, 7) is 5.31. The average Bonchev–Trinajstić information content (AvgIpc) is 2.26. The molecule has 0 saturated heterocycles. The Bertz CT molecular complexity index is 416. The number of aryl methyl sites for hydroxylation is 1. The first-order valence-electron chi connectivity index (χ1n) is 5.62. The predicted molar refractivity (Wildman–Crippen MR) is 64.4 cm³/mol. The van der Waals surface area contributed by atoms with Crippen molar-refractivity contribution in [3.63, 3.8) is 0 Å². The summed E-state index contributed by atoms with van der Waals surface area (Å²) in [7, 11) is 0. The van der Waals surface area contributed by atoms with Crippen LogP contribution in [0.5, 0.6) is 0 Å². The van der Waals surface area contributed by atoms with Crippen LogP contribution in [0.2, 0.25) is 0 Å². The van der Waals surface area contributed by atoms with Crippen LogP contribution >= 0.6 is 0 Å². The van der Waals surface area contributed by atoms with Crippen LogP contribution in [0.4, 0.5) is 4.39 Å². The highest BCUT2D eigenvalue weighted by molar-refractivity contribution is 5.94. The van der Waals surface area contributed by atoms with Gasteiger partial charge in [-0.25, -0.2) is 4.39 Å². The third kappa shape index (κ3) is 3.82. The second kappa shape index (κ2) is 5.27. The first kappa shape index (κ1) is 13.6. The highest BCUT2D eigenvalue weighted by atomic mass is 19.1. The number of benzene rings is 1. The van der Waals surface area contributed by atoms with Gasteiger partial charge < -0.3 is 10.4 Å². The van der Waals surface area contributed by atoms with E-state index in [1.165, 1.54) is 12.1 Å². The molecule has 0 radical (unpaired) electrons. The van der Waals surface area contributed by atoms with E-state index in [9.17, 15) is 14.3 Å². The average molecular weight is 239 g/mol. The van der Waals surface area contributed by atoms with Crippen molar-refractivity contribution >= 4 is 5.91 Å². The summed E-state index contributed by atoms with van der Waals surface area (Å²) >= 11 is 0. The summed E-state index contributed by atoms with van der Waals surface area (Å²) in [6.07, 6.45) is 0.518. The fourth-order valence-electron chi connectivity index (χ4n) is 1.30. The van der Waals surface area contributed by atoms with Gasteiger partial charge in [0.25, 0.3) is 5.91 Å². The zero-order valence-electron chi connectivity index (χ0n) is 10.4. The molecule has 1 aromatic carbocycles. The molecule has 2 N–H and O–H groups in total. The SMILES string of the molecule is CCC(C)(O)CNC(=O)c1ccc(C)cc1F. The maximum absolute atomic E-state index is 13.5. The van der Waals surface area contributed by atoms with E-state index >= 15 is 0 Å². The number of amides is 1. The number of halogens is 1. The number of nitrogens with one attached hydrogen (secondary N) is 1. The lowest BCUT2D eigenvalue weighted by Crippen LogP contribution is -2.40. The van der Waals surface area contributed by atoms with Crippen molar-refractivity contribution in [1.82, 2.24) is 5.32 Å². The van der Waals surface area contributed by atoms with E-state index in [-0.39, 0.29) is 12.1 Å². The summed E-state index contributed by atoms with van der Waals surface area (Å²) in [5.41, 5.74) is -0.196. The number of carbonyl (C=O) groups excluding carboxylic acids is 1. The zero-order chi connectivity index (χ0) is 13.1. The molecule has 4 heteroatoms. The molecule has 0 aliphatic carbocycles. The lowest BCUT2D eigenvalue weighted by molar-refractivity contribution is 0.0517. The number of rotatable bonds is 4. The van der Waals surface area contributed by atoms with Crippen molar-refractivity contribution < 1.29 is 14.3 Å². The van der Waals surface area contributed by atoms with Gasteiger partial charge in [0.1, 0.15) is 5.82 Å². The van der Waals surface area contributed by atoms with Crippen molar-refractivity contribution in [3.05, 3.63) is 35.1 Å². The number of hydrogen-bond donors (Lipinski definition) is 2. The van der Waals surface area contributed by atoms with Crippen LogP contribution in [0.3, 0.4) is 0 Å². The normalized spacial score (nSPS) is 14.2. The van der Waals surface area contributed by atoms with E-state index in [2.05, 4.69) is 5.32 Å². The van der Waals surface area contributed by atoms with E-state index in [1.807, 2.05) is 6.92 Å². The molecule has 3 nitrogen and oxygen atoms in total. The molecule has 0 saturated carbocycles. The third-order valence-electron chi connectivity index (χ3n) is 2.76. The molecule has 17 heavy (non-hydrogen) atoms. The molecule has 1 rings (SSSR count). The quantitative estimate of drug-likeness (QED) is 0.844. The first-order valence-corrected chi connectivity index (χ1v) is 5.62. The van der Waals surface area contributed by atoms with Gasteiger partial charge in [0, 0.05) is 6.54 Å². The molecule has 0 aliphatic rings. The fraction of sp³-hybridized carbons (Fsp3) is 0.462. The Morgan fingerprint density at radius 3 is 2.71 bits per heavy atom. The Labute approximate surface area is 101 Å². The second-order valence-corrected chi connectivity index (χ2v) is 4.52. The molecule has 0 aromatic heterocycles. The Kier molecular flexibility index (Phi) is 4.23. The van der Waals surface area contributed by atoms with E-state index in [0.29, 0.717) is 6.42 Å². The molecule has 0 aliphatic heterocycles. The molecule has 0 spiro atoms. The number of hydrogen-bond acceptors (Lipinski definition) is 2. The molecule has 1 aromatic rings. The van der Waals surface area contributed by atoms with E-state index < -0.39 is 17.3 Å². The Morgan fingerprint density at radius 1 is 1.53 bits per heavy atom. The summed E-state index contributed by atoms with van der Waals surface area (Å²) in [5, 5.41) is 12.2. The van der Waals surface area contributed by atoms with Gasteiger partial charge in [-0.05, 0) is 38.0 Å². The zero-order valence-corrected chi connectivity index (χ0v) is 10.4. The van der Waals surface area contributed by atoms with E-state index in [4.69, 9.17) is 0 Å². The van der Waals surface area contributed by atoms with Crippen molar-refractivity contribution in [2.45, 2.75) is 32.8 Å². The van der Waals surface area contributed by atoms with Gasteiger partial charge in [0.15, 0.2) is 0 Å². The molecule has 0 bridgehead atoms. The minimum Gasteiger partial charge on any atom is -0.388 e. The van der Waals surface area contributed by atoms with Crippen molar-refractivity contribution in [3.8, 4) is 0 Å². The molecule has 1 amide bonds. The van der Waals surface area contributed by atoms with Crippen molar-refractivity contribution in [2.24, 2.45) is 0 Å². The molecule has 0 heterocycles. The van der Waals surface area contributed by atoms with E-state index in [1.54, 1.807) is 19.9 Å². The van der Waals surface area contributed by atoms with Gasteiger partial charge in [-0.3, -0.25) is 4.79 Å². The molecular weight excluding hydrogens is 221 g/mol. The largest absolute Gasteiger partial charge is 0.388 e. The second-order valence-electron chi connectivity index (χ2n) is 4.52. The molecule has 0 fully saturated rings. The maximum atomic E-state index is 13.5. The van der Waals surface area contributed by atoms with Gasteiger partial charge in [0.05, 0.1) is 11.2 Å². The third-order valence-corrected chi connectivity index (χ3v) is 2.76. The van der Waals surface area contributed by atoms with Gasteiger partial charge in [0.2, 0.25) is 0 Å². The smallest absolute Gasteiger partial charge is 0.254 e. The lowest BCUT2D eigenvalue weighted by atomic mass is 10.0. The van der Waals surface area contributed by atoms with E-state index in [0.717, 1.165) is 5.56 Å². The van der Waals surface area contributed by atoms with Crippen molar-refractivity contribution in [1.29, 1.82) is 0 Å². The molecule has 1 unspecified atom stereocenters. The minimum absolute atomic E-state index is 0.00232. The fourth-order valence-corrected chi connectivity index (χ4v) is 1.30. The highest BCUT2D eigenvalue weighted by Gasteiger charge is 2.19. The summed E-state index contributed by atoms with van der Waals surface area (Å²) in [6, 6.07) is 4.43. The topological polar surface area (TPSA) is 49.3 Å². The maximum Gasteiger partial charge on any atom is 0.254 e. The summed E-state index contributed by atoms with van der Waals surface area (Å²) in [4.78, 5) is 11.7. The number of carbonyl (C=O) groups is 1. The van der Waals surface area contributed by atoms with Gasteiger partial charge in [-0.2, -0.15) is 0 Å². The van der Waals surface area contributed by atoms with Crippen LogP contribution in [0.15, 0.2) is 18.2 Å². The molecular formula is C13H18FNO2. The van der Waals surface area contributed by atoms with Crippen molar-refractivity contribution in [2.75, 3.05) is 6.54 Å². The molecule has 1 atom stereocenters. The minimum atomic E-state index is -0.961. The summed E-state index contributed by atoms with van der Waals surface area (Å²) in [5.74, 6) is -1.05. The Morgan fingerprint density at radius 2 is 2.18 bits per heavy atom.